The maximum Gasteiger partial charge on any atom is 0.228 e. The van der Waals surface area contributed by atoms with Crippen LogP contribution in [-0.2, 0) is 0 Å². The summed E-state index contributed by atoms with van der Waals surface area (Å²) in [4.78, 5) is 11.4. The van der Waals surface area contributed by atoms with Crippen molar-refractivity contribution < 1.29 is 4.74 Å². The number of hydrogen-bond acceptors (Lipinski definition) is 6. The van der Waals surface area contributed by atoms with E-state index in [1.165, 1.54) is 0 Å². The van der Waals surface area contributed by atoms with Crippen LogP contribution in [0, 0.1) is 6.92 Å². The molecule has 0 aromatic carbocycles. The lowest BCUT2D eigenvalue weighted by atomic mass is 9.96. The Morgan fingerprint density at radius 2 is 2.05 bits per heavy atom. The summed E-state index contributed by atoms with van der Waals surface area (Å²) in [6.07, 6.45) is 4.42. The van der Waals surface area contributed by atoms with E-state index >= 15 is 0 Å². The van der Waals surface area contributed by atoms with Gasteiger partial charge >= 0.3 is 0 Å². The van der Waals surface area contributed by atoms with Crippen molar-refractivity contribution in [3.63, 3.8) is 0 Å². The minimum Gasteiger partial charge on any atom is -0.475 e. The van der Waals surface area contributed by atoms with Gasteiger partial charge in [0.25, 0.3) is 0 Å². The fourth-order valence-corrected chi connectivity index (χ4v) is 3.33. The average molecular weight is 310 g/mol. The molecule has 1 fully saturated rings. The molecule has 0 radical (unpaired) electrons. The number of rotatable bonds is 5. The minimum absolute atomic E-state index is 0.120. The van der Waals surface area contributed by atoms with Crippen LogP contribution in [0.15, 0.2) is 6.07 Å². The first-order chi connectivity index (χ1) is 9.98. The van der Waals surface area contributed by atoms with E-state index in [-0.39, 0.29) is 10.9 Å². The number of nitrogens with zero attached hydrogens (tertiary/aromatic N) is 3. The highest BCUT2D eigenvalue weighted by atomic mass is 32.2. The van der Waals surface area contributed by atoms with Crippen LogP contribution in [0.3, 0.4) is 0 Å². The van der Waals surface area contributed by atoms with Crippen molar-refractivity contribution >= 4 is 17.7 Å². The van der Waals surface area contributed by atoms with Gasteiger partial charge in [-0.15, -0.1) is 0 Å². The third kappa shape index (κ3) is 4.01. The molecule has 2 heterocycles. The zero-order chi connectivity index (χ0) is 15.5. The second-order valence-corrected chi connectivity index (χ2v) is 7.17. The van der Waals surface area contributed by atoms with E-state index in [0.29, 0.717) is 5.88 Å². The van der Waals surface area contributed by atoms with E-state index in [1.54, 1.807) is 0 Å². The van der Waals surface area contributed by atoms with E-state index in [2.05, 4.69) is 21.1 Å². The second-order valence-electron chi connectivity index (χ2n) is 5.89. The van der Waals surface area contributed by atoms with Gasteiger partial charge in [0.2, 0.25) is 11.8 Å². The van der Waals surface area contributed by atoms with Crippen molar-refractivity contribution in [2.24, 2.45) is 5.73 Å². The van der Waals surface area contributed by atoms with E-state index in [1.807, 2.05) is 38.6 Å². The van der Waals surface area contributed by atoms with Gasteiger partial charge in [-0.05, 0) is 39.9 Å². The van der Waals surface area contributed by atoms with Crippen LogP contribution < -0.4 is 15.4 Å². The highest BCUT2D eigenvalue weighted by molar-refractivity contribution is 8.00. The predicted molar refractivity (Wildman–Crippen MR) is 89.3 cm³/mol. The molecule has 2 N–H and O–H groups in total. The largest absolute Gasteiger partial charge is 0.475 e. The van der Waals surface area contributed by atoms with Gasteiger partial charge in [0.15, 0.2) is 0 Å². The van der Waals surface area contributed by atoms with Gasteiger partial charge in [-0.3, -0.25) is 0 Å². The fourth-order valence-electron chi connectivity index (χ4n) is 2.57. The monoisotopic (exact) mass is 310 g/mol. The Morgan fingerprint density at radius 3 is 2.57 bits per heavy atom. The highest BCUT2D eigenvalue weighted by Crippen LogP contribution is 2.34. The molecule has 0 spiro atoms. The Bertz CT molecular complexity index is 467. The van der Waals surface area contributed by atoms with Crippen LogP contribution in [0.4, 0.5) is 5.95 Å². The number of aryl methyl sites for hydroxylation is 1. The molecule has 0 saturated carbocycles. The first-order valence-electron chi connectivity index (χ1n) is 7.50. The number of piperidine rings is 1. The zero-order valence-corrected chi connectivity index (χ0v) is 14.2. The Labute approximate surface area is 131 Å². The molecule has 1 aliphatic rings. The molecule has 5 nitrogen and oxygen atoms in total. The van der Waals surface area contributed by atoms with Crippen molar-refractivity contribution in [2.45, 2.75) is 44.5 Å². The first-order valence-corrected chi connectivity index (χ1v) is 8.73. The number of ether oxygens (including phenoxy) is 1. The summed E-state index contributed by atoms with van der Waals surface area (Å²) in [6, 6.07) is 1.89. The summed E-state index contributed by atoms with van der Waals surface area (Å²) in [5.74, 6) is 1.44. The van der Waals surface area contributed by atoms with Gasteiger partial charge in [-0.25, -0.2) is 4.98 Å². The quantitative estimate of drug-likeness (QED) is 0.900. The molecule has 1 aromatic heterocycles. The van der Waals surface area contributed by atoms with Crippen molar-refractivity contribution in [3.8, 4) is 5.88 Å². The number of anilines is 1. The predicted octanol–water partition coefficient (Wildman–Crippen LogP) is 2.23. The van der Waals surface area contributed by atoms with Gasteiger partial charge in [-0.1, -0.05) is 0 Å². The minimum atomic E-state index is 0.120. The first kappa shape index (κ1) is 16.4. The molecule has 1 aliphatic heterocycles. The fraction of sp³-hybridized carbons (Fsp3) is 0.733. The van der Waals surface area contributed by atoms with Crippen molar-refractivity contribution in [2.75, 3.05) is 30.8 Å². The van der Waals surface area contributed by atoms with Crippen LogP contribution in [0.25, 0.3) is 0 Å². The highest BCUT2D eigenvalue weighted by Gasteiger charge is 2.33. The summed E-state index contributed by atoms with van der Waals surface area (Å²) in [5.41, 5.74) is 6.89. The standard InChI is InChI=1S/C15H26N4OS/c1-11(2)20-13-9-12(3)17-14(18-13)19-7-5-15(10-16,21-4)6-8-19/h9,11H,5-8,10,16H2,1-4H3. The third-order valence-corrected chi connectivity index (χ3v) is 5.38. The SMILES string of the molecule is CSC1(CN)CCN(c2nc(C)cc(OC(C)C)n2)CC1. The van der Waals surface area contributed by atoms with Crippen LogP contribution in [-0.4, -0.2) is 46.7 Å². The normalized spacial score (nSPS) is 18.1. The third-order valence-electron chi connectivity index (χ3n) is 3.94. The lowest BCUT2D eigenvalue weighted by molar-refractivity contribution is 0.232. The van der Waals surface area contributed by atoms with E-state index in [4.69, 9.17) is 10.5 Å². The maximum absolute atomic E-state index is 5.95. The Morgan fingerprint density at radius 1 is 1.38 bits per heavy atom. The van der Waals surface area contributed by atoms with Gasteiger partial charge in [-0.2, -0.15) is 16.7 Å². The van der Waals surface area contributed by atoms with Crippen molar-refractivity contribution in [3.05, 3.63) is 11.8 Å². The zero-order valence-electron chi connectivity index (χ0n) is 13.4. The molecule has 0 aliphatic carbocycles. The Balaban J connectivity index is 2.11. The lowest BCUT2D eigenvalue weighted by Crippen LogP contribution is -2.47. The molecule has 118 valence electrons. The summed E-state index contributed by atoms with van der Waals surface area (Å²) < 4.78 is 5.93. The van der Waals surface area contributed by atoms with E-state index in [9.17, 15) is 0 Å². The maximum atomic E-state index is 5.95. The molecule has 0 unspecified atom stereocenters. The summed E-state index contributed by atoms with van der Waals surface area (Å²) in [6.45, 7) is 8.62. The Hall–Kier alpha value is -1.01. The molecular weight excluding hydrogens is 284 g/mol. The van der Waals surface area contributed by atoms with Gasteiger partial charge in [0, 0.05) is 36.1 Å². The van der Waals surface area contributed by atoms with E-state index < -0.39 is 0 Å². The molecule has 1 aromatic rings. The smallest absolute Gasteiger partial charge is 0.228 e. The summed E-state index contributed by atoms with van der Waals surface area (Å²) in [5, 5.41) is 0. The molecular formula is C15H26N4OS. The second kappa shape index (κ2) is 6.83. The molecule has 0 amide bonds. The number of aromatic nitrogens is 2. The molecule has 0 bridgehead atoms. The van der Waals surface area contributed by atoms with E-state index in [0.717, 1.165) is 44.1 Å². The molecule has 1 saturated heterocycles. The summed E-state index contributed by atoms with van der Waals surface area (Å²) in [7, 11) is 0. The molecule has 6 heteroatoms. The molecule has 21 heavy (non-hydrogen) atoms. The molecule has 0 atom stereocenters. The van der Waals surface area contributed by atoms with Crippen molar-refractivity contribution in [1.29, 1.82) is 0 Å². The van der Waals surface area contributed by atoms with Gasteiger partial charge < -0.3 is 15.4 Å². The van der Waals surface area contributed by atoms with Crippen molar-refractivity contribution in [1.82, 2.24) is 9.97 Å². The summed E-state index contributed by atoms with van der Waals surface area (Å²) >= 11 is 1.89. The number of hydrogen-bond donors (Lipinski definition) is 1. The molecule has 2 rings (SSSR count). The number of nitrogens with two attached hydrogens (primary N) is 1. The van der Waals surface area contributed by atoms with Crippen LogP contribution in [0.5, 0.6) is 5.88 Å². The topological polar surface area (TPSA) is 64.3 Å². The van der Waals surface area contributed by atoms with Crippen LogP contribution in [0.1, 0.15) is 32.4 Å². The number of thioether (sulfide) groups is 1. The lowest BCUT2D eigenvalue weighted by Gasteiger charge is -2.40. The van der Waals surface area contributed by atoms with Gasteiger partial charge in [0.1, 0.15) is 0 Å². The van der Waals surface area contributed by atoms with Crippen LogP contribution >= 0.6 is 11.8 Å². The van der Waals surface area contributed by atoms with Gasteiger partial charge in [0.05, 0.1) is 6.10 Å². The van der Waals surface area contributed by atoms with Crippen LogP contribution in [0.2, 0.25) is 0 Å². The Kier molecular flexibility index (Phi) is 5.32. The average Bonchev–Trinajstić information content (AvgIpc) is 2.46.